The third-order valence-corrected chi connectivity index (χ3v) is 6.81. The van der Waals surface area contributed by atoms with E-state index in [-0.39, 0.29) is 28.5 Å². The topological polar surface area (TPSA) is 77.8 Å². The van der Waals surface area contributed by atoms with Crippen LogP contribution in [0, 0.1) is 5.41 Å². The number of hydrogen-bond acceptors (Lipinski definition) is 4. The number of aliphatic carboxylic acids is 1. The Bertz CT molecular complexity index is 990. The molecule has 5 nitrogen and oxygen atoms in total. The van der Waals surface area contributed by atoms with Crippen LogP contribution >= 0.6 is 35.0 Å². The number of carboxylic acids is 1. The van der Waals surface area contributed by atoms with Crippen molar-refractivity contribution in [3.05, 3.63) is 57.6 Å². The number of amides is 1. The van der Waals surface area contributed by atoms with Crippen molar-refractivity contribution in [2.75, 3.05) is 11.4 Å². The number of carbonyl (C=O) groups excluding carboxylic acids is 1. The first kappa shape index (κ1) is 22.8. The van der Waals surface area contributed by atoms with Gasteiger partial charge in [0.1, 0.15) is 5.75 Å². The van der Waals surface area contributed by atoms with Crippen LogP contribution in [-0.2, 0) is 9.59 Å². The highest BCUT2D eigenvalue weighted by molar-refractivity contribution is 8.01. The Hall–Kier alpha value is -1.89. The SMILES string of the molecule is CC(C)(C)CN1C(=O)C(CC(=O)O)SC(c2cccc(O)c2Cl)c2cc(Cl)ccc21. The van der Waals surface area contributed by atoms with Gasteiger partial charge in [0.05, 0.1) is 21.9 Å². The molecule has 0 fully saturated rings. The number of anilines is 1. The van der Waals surface area contributed by atoms with E-state index in [9.17, 15) is 19.8 Å². The van der Waals surface area contributed by atoms with Gasteiger partial charge >= 0.3 is 5.97 Å². The molecule has 8 heteroatoms. The van der Waals surface area contributed by atoms with Gasteiger partial charge in [-0.1, -0.05) is 56.1 Å². The van der Waals surface area contributed by atoms with E-state index in [1.807, 2.05) is 20.8 Å². The van der Waals surface area contributed by atoms with Crippen molar-refractivity contribution < 1.29 is 19.8 Å². The number of hydrogen-bond donors (Lipinski definition) is 2. The van der Waals surface area contributed by atoms with Gasteiger partial charge in [-0.15, -0.1) is 11.8 Å². The molecule has 1 aliphatic rings. The summed E-state index contributed by atoms with van der Waals surface area (Å²) in [6.07, 6.45) is -0.321. The Labute approximate surface area is 190 Å². The van der Waals surface area contributed by atoms with Crippen LogP contribution in [0.25, 0.3) is 0 Å². The van der Waals surface area contributed by atoms with Crippen LogP contribution in [-0.4, -0.2) is 33.9 Å². The van der Waals surface area contributed by atoms with Crippen molar-refractivity contribution in [3.63, 3.8) is 0 Å². The maximum absolute atomic E-state index is 13.5. The average molecular weight is 468 g/mol. The third kappa shape index (κ3) is 4.88. The van der Waals surface area contributed by atoms with Gasteiger partial charge in [-0.3, -0.25) is 9.59 Å². The van der Waals surface area contributed by atoms with Crippen molar-refractivity contribution in [1.29, 1.82) is 0 Å². The average Bonchev–Trinajstić information content (AvgIpc) is 2.73. The smallest absolute Gasteiger partial charge is 0.305 e. The molecule has 0 saturated heterocycles. The molecular formula is C22H23Cl2NO4S. The van der Waals surface area contributed by atoms with Crippen LogP contribution in [0.2, 0.25) is 10.0 Å². The summed E-state index contributed by atoms with van der Waals surface area (Å²) in [7, 11) is 0. The Balaban J connectivity index is 2.24. The quantitative estimate of drug-likeness (QED) is 0.597. The van der Waals surface area contributed by atoms with Gasteiger partial charge in [-0.05, 0) is 40.8 Å². The molecule has 160 valence electrons. The first-order valence-electron chi connectivity index (χ1n) is 9.43. The second-order valence-corrected chi connectivity index (χ2v) is 10.6. The zero-order chi connectivity index (χ0) is 22.2. The molecule has 2 unspecified atom stereocenters. The highest BCUT2D eigenvalue weighted by atomic mass is 35.5. The van der Waals surface area contributed by atoms with Crippen molar-refractivity contribution in [3.8, 4) is 5.75 Å². The Morgan fingerprint density at radius 2 is 1.87 bits per heavy atom. The van der Waals surface area contributed by atoms with Crippen molar-refractivity contribution in [1.82, 2.24) is 0 Å². The molecule has 2 aromatic carbocycles. The van der Waals surface area contributed by atoms with Crippen LogP contribution in [0.3, 0.4) is 0 Å². The number of halogens is 2. The number of nitrogens with zero attached hydrogens (tertiary/aromatic N) is 1. The summed E-state index contributed by atoms with van der Waals surface area (Å²) < 4.78 is 0. The van der Waals surface area contributed by atoms with Gasteiger partial charge in [0.15, 0.2) is 0 Å². The Morgan fingerprint density at radius 3 is 2.50 bits per heavy atom. The number of phenolic OH excluding ortho intramolecular Hbond substituents is 1. The molecule has 0 bridgehead atoms. The molecule has 1 amide bonds. The summed E-state index contributed by atoms with van der Waals surface area (Å²) >= 11 is 13.9. The number of carbonyl (C=O) groups is 2. The fraction of sp³-hybridized carbons (Fsp3) is 0.364. The minimum Gasteiger partial charge on any atom is -0.506 e. The maximum atomic E-state index is 13.5. The number of rotatable bonds is 4. The standard InChI is InChI=1S/C22H23Cl2NO4S/c1-22(2,3)11-25-15-8-7-12(23)9-14(15)20(13-5-4-6-16(26)19(13)24)30-17(21(25)29)10-18(27)28/h4-9,17,20,26H,10-11H2,1-3H3,(H,27,28). The second kappa shape index (κ2) is 8.69. The van der Waals surface area contributed by atoms with Crippen LogP contribution in [0.5, 0.6) is 5.75 Å². The maximum Gasteiger partial charge on any atom is 0.305 e. The molecule has 2 aromatic rings. The van der Waals surface area contributed by atoms with Crippen molar-refractivity contribution in [2.24, 2.45) is 5.41 Å². The molecule has 0 saturated carbocycles. The lowest BCUT2D eigenvalue weighted by Gasteiger charge is -2.31. The molecular weight excluding hydrogens is 445 g/mol. The van der Waals surface area contributed by atoms with Gasteiger partial charge in [0.2, 0.25) is 5.91 Å². The minimum absolute atomic E-state index is 0.0738. The predicted molar refractivity (Wildman–Crippen MR) is 122 cm³/mol. The molecule has 0 radical (unpaired) electrons. The first-order chi connectivity index (χ1) is 14.0. The number of fused-ring (bicyclic) bond motifs is 1. The lowest BCUT2D eigenvalue weighted by Crippen LogP contribution is -2.42. The zero-order valence-corrected chi connectivity index (χ0v) is 19.2. The summed E-state index contributed by atoms with van der Waals surface area (Å²) in [5.41, 5.74) is 1.81. The summed E-state index contributed by atoms with van der Waals surface area (Å²) in [4.78, 5) is 26.7. The van der Waals surface area contributed by atoms with E-state index in [4.69, 9.17) is 23.2 Å². The fourth-order valence-electron chi connectivity index (χ4n) is 3.48. The van der Waals surface area contributed by atoms with Crippen LogP contribution in [0.4, 0.5) is 5.69 Å². The Morgan fingerprint density at radius 1 is 1.17 bits per heavy atom. The fourth-order valence-corrected chi connectivity index (χ4v) is 5.45. The van der Waals surface area contributed by atoms with Crippen LogP contribution in [0.1, 0.15) is 43.6 Å². The van der Waals surface area contributed by atoms with Gasteiger partial charge < -0.3 is 15.1 Å². The van der Waals surface area contributed by atoms with E-state index in [1.165, 1.54) is 17.8 Å². The normalized spacial score (nSPS) is 19.4. The van der Waals surface area contributed by atoms with E-state index in [2.05, 4.69) is 0 Å². The van der Waals surface area contributed by atoms with Crippen molar-refractivity contribution >= 4 is 52.5 Å². The summed E-state index contributed by atoms with van der Waals surface area (Å²) in [5.74, 6) is -1.39. The van der Waals surface area contributed by atoms with Crippen LogP contribution in [0.15, 0.2) is 36.4 Å². The molecule has 0 aliphatic carbocycles. The number of carboxylic acid groups (broad SMARTS) is 1. The largest absolute Gasteiger partial charge is 0.506 e. The number of thioether (sulfide) groups is 1. The molecule has 2 atom stereocenters. The van der Waals surface area contributed by atoms with E-state index in [1.54, 1.807) is 35.2 Å². The van der Waals surface area contributed by atoms with E-state index in [0.717, 1.165) is 5.56 Å². The number of phenols is 1. The van der Waals surface area contributed by atoms with Gasteiger partial charge in [0.25, 0.3) is 0 Å². The minimum atomic E-state index is -1.05. The molecule has 30 heavy (non-hydrogen) atoms. The molecule has 1 heterocycles. The monoisotopic (exact) mass is 467 g/mol. The third-order valence-electron chi connectivity index (χ3n) is 4.69. The Kier molecular flexibility index (Phi) is 6.60. The first-order valence-corrected chi connectivity index (χ1v) is 11.1. The predicted octanol–water partition coefficient (Wildman–Crippen LogP) is 5.76. The van der Waals surface area contributed by atoms with Gasteiger partial charge in [-0.25, -0.2) is 0 Å². The van der Waals surface area contributed by atoms with E-state index >= 15 is 0 Å². The number of benzene rings is 2. The van der Waals surface area contributed by atoms with E-state index in [0.29, 0.717) is 22.8 Å². The molecule has 0 spiro atoms. The van der Waals surface area contributed by atoms with E-state index < -0.39 is 16.5 Å². The lowest BCUT2D eigenvalue weighted by molar-refractivity contribution is -0.138. The molecule has 1 aliphatic heterocycles. The highest BCUT2D eigenvalue weighted by Crippen LogP contribution is 2.50. The van der Waals surface area contributed by atoms with Gasteiger partial charge in [-0.2, -0.15) is 0 Å². The lowest BCUT2D eigenvalue weighted by atomic mass is 9.94. The summed E-state index contributed by atoms with van der Waals surface area (Å²) in [6.45, 7) is 6.47. The highest BCUT2D eigenvalue weighted by Gasteiger charge is 2.39. The zero-order valence-electron chi connectivity index (χ0n) is 16.9. The molecule has 3 rings (SSSR count). The molecule has 2 N–H and O–H groups in total. The van der Waals surface area contributed by atoms with Gasteiger partial charge in [0, 0.05) is 17.3 Å². The van der Waals surface area contributed by atoms with Crippen LogP contribution < -0.4 is 4.90 Å². The second-order valence-electron chi connectivity index (χ2n) is 8.47. The molecule has 0 aromatic heterocycles. The number of aromatic hydroxyl groups is 1. The van der Waals surface area contributed by atoms with Crippen molar-refractivity contribution in [2.45, 2.75) is 37.7 Å². The summed E-state index contributed by atoms with van der Waals surface area (Å²) in [5, 5.41) is 18.9. The summed E-state index contributed by atoms with van der Waals surface area (Å²) in [6, 6.07) is 10.2.